The molecular weight excluding hydrogens is 268 g/mol. The maximum Gasteiger partial charge on any atom is 0.305 e. The number of rotatable bonds is 9. The molecule has 0 unspecified atom stereocenters. The van der Waals surface area contributed by atoms with Crippen LogP contribution in [-0.2, 0) is 9.59 Å². The first-order chi connectivity index (χ1) is 10.0. The highest BCUT2D eigenvalue weighted by atomic mass is 16.4. The van der Waals surface area contributed by atoms with Gasteiger partial charge in [-0.15, -0.1) is 0 Å². The van der Waals surface area contributed by atoms with E-state index in [9.17, 15) is 9.59 Å². The molecule has 1 amide bonds. The van der Waals surface area contributed by atoms with E-state index in [1.165, 1.54) is 0 Å². The average Bonchev–Trinajstić information content (AvgIpc) is 2.44. The molecule has 0 bridgehead atoms. The van der Waals surface area contributed by atoms with Crippen LogP contribution in [0.25, 0.3) is 0 Å². The Kier molecular flexibility index (Phi) is 7.29. The molecule has 0 fully saturated rings. The maximum atomic E-state index is 12.0. The number of anilines is 1. The van der Waals surface area contributed by atoms with Crippen LogP contribution in [0.15, 0.2) is 24.3 Å². The van der Waals surface area contributed by atoms with Crippen LogP contribution in [0.2, 0.25) is 0 Å². The molecule has 0 saturated carbocycles. The Morgan fingerprint density at radius 2 is 2.00 bits per heavy atom. The van der Waals surface area contributed by atoms with Crippen molar-refractivity contribution in [2.45, 2.75) is 33.1 Å². The van der Waals surface area contributed by atoms with Crippen LogP contribution < -0.4 is 10.2 Å². The normalized spacial score (nSPS) is 10.2. The van der Waals surface area contributed by atoms with Gasteiger partial charge in [0.05, 0.1) is 13.0 Å². The van der Waals surface area contributed by atoms with Gasteiger partial charge in [-0.2, -0.15) is 0 Å². The van der Waals surface area contributed by atoms with Gasteiger partial charge in [-0.1, -0.05) is 31.5 Å². The average molecular weight is 292 g/mol. The van der Waals surface area contributed by atoms with Gasteiger partial charge in [-0.25, -0.2) is 0 Å². The predicted octanol–water partition coefficient (Wildman–Crippen LogP) is 2.19. The summed E-state index contributed by atoms with van der Waals surface area (Å²) < 4.78 is 0. The van der Waals surface area contributed by atoms with Crippen molar-refractivity contribution >= 4 is 17.6 Å². The number of amides is 1. The number of aryl methyl sites for hydroxylation is 1. The van der Waals surface area contributed by atoms with E-state index in [4.69, 9.17) is 5.11 Å². The number of para-hydroxylation sites is 1. The number of benzene rings is 1. The van der Waals surface area contributed by atoms with Crippen molar-refractivity contribution in [3.63, 3.8) is 0 Å². The lowest BCUT2D eigenvalue weighted by atomic mass is 10.1. The number of carbonyl (C=O) groups is 2. The van der Waals surface area contributed by atoms with Crippen molar-refractivity contribution in [3.05, 3.63) is 29.8 Å². The van der Waals surface area contributed by atoms with E-state index in [2.05, 4.69) is 12.2 Å². The highest BCUT2D eigenvalue weighted by molar-refractivity contribution is 5.82. The van der Waals surface area contributed by atoms with E-state index in [0.29, 0.717) is 13.1 Å². The van der Waals surface area contributed by atoms with E-state index < -0.39 is 5.97 Å². The number of carboxylic acid groups (broad SMARTS) is 1. The summed E-state index contributed by atoms with van der Waals surface area (Å²) in [6.45, 7) is 5.19. The number of carbonyl (C=O) groups excluding carboxylic acids is 1. The van der Waals surface area contributed by atoms with Crippen LogP contribution in [0.3, 0.4) is 0 Å². The second-order valence-electron chi connectivity index (χ2n) is 5.06. The Balaban J connectivity index is 2.71. The highest BCUT2D eigenvalue weighted by Crippen LogP contribution is 2.19. The lowest BCUT2D eigenvalue weighted by Gasteiger charge is -2.25. The quantitative estimate of drug-likeness (QED) is 0.685. The fraction of sp³-hybridized carbons (Fsp3) is 0.500. The van der Waals surface area contributed by atoms with Crippen molar-refractivity contribution in [2.24, 2.45) is 0 Å². The largest absolute Gasteiger partial charge is 0.481 e. The fourth-order valence-corrected chi connectivity index (χ4v) is 2.07. The SMILES string of the molecule is CCCCNC(=O)CN(CCC(=O)O)c1ccccc1C. The molecule has 0 spiro atoms. The van der Waals surface area contributed by atoms with Crippen molar-refractivity contribution < 1.29 is 14.7 Å². The molecule has 0 aromatic heterocycles. The van der Waals surface area contributed by atoms with Crippen LogP contribution >= 0.6 is 0 Å². The molecule has 0 radical (unpaired) electrons. The van der Waals surface area contributed by atoms with Crippen molar-refractivity contribution in [3.8, 4) is 0 Å². The number of carboxylic acids is 1. The number of nitrogens with one attached hydrogen (secondary N) is 1. The standard InChI is InChI=1S/C16H24N2O3/c1-3-4-10-17-15(19)12-18(11-9-16(20)21)14-8-6-5-7-13(14)2/h5-8H,3-4,9-12H2,1-2H3,(H,17,19)(H,20,21). The minimum Gasteiger partial charge on any atom is -0.481 e. The van der Waals surface area contributed by atoms with Gasteiger partial charge in [0.2, 0.25) is 5.91 Å². The smallest absolute Gasteiger partial charge is 0.305 e. The number of aliphatic carboxylic acids is 1. The summed E-state index contributed by atoms with van der Waals surface area (Å²) in [5.74, 6) is -0.933. The molecule has 116 valence electrons. The zero-order chi connectivity index (χ0) is 15.7. The molecular formula is C16H24N2O3. The predicted molar refractivity (Wildman–Crippen MR) is 83.6 cm³/mol. The summed E-state index contributed by atoms with van der Waals surface area (Å²) in [6, 6.07) is 7.69. The number of hydrogen-bond acceptors (Lipinski definition) is 3. The minimum atomic E-state index is -0.861. The first-order valence-corrected chi connectivity index (χ1v) is 7.33. The van der Waals surface area contributed by atoms with Gasteiger partial charge in [0.25, 0.3) is 0 Å². The van der Waals surface area contributed by atoms with Crippen LogP contribution in [0.1, 0.15) is 31.7 Å². The molecule has 1 aromatic carbocycles. The molecule has 2 N–H and O–H groups in total. The minimum absolute atomic E-state index is 0.0105. The molecule has 0 aliphatic heterocycles. The van der Waals surface area contributed by atoms with Gasteiger partial charge in [0.1, 0.15) is 0 Å². The molecule has 1 rings (SSSR count). The number of nitrogens with zero attached hydrogens (tertiary/aromatic N) is 1. The molecule has 0 saturated heterocycles. The van der Waals surface area contributed by atoms with Crippen LogP contribution in [0.5, 0.6) is 0 Å². The summed E-state index contributed by atoms with van der Waals surface area (Å²) >= 11 is 0. The molecule has 1 aromatic rings. The molecule has 0 aliphatic carbocycles. The Labute approximate surface area is 126 Å². The monoisotopic (exact) mass is 292 g/mol. The Morgan fingerprint density at radius 3 is 2.62 bits per heavy atom. The summed E-state index contributed by atoms with van der Waals surface area (Å²) in [5, 5.41) is 11.7. The third-order valence-corrected chi connectivity index (χ3v) is 3.24. The Morgan fingerprint density at radius 1 is 1.29 bits per heavy atom. The molecule has 0 heterocycles. The second-order valence-corrected chi connectivity index (χ2v) is 5.06. The van der Waals surface area contributed by atoms with Crippen LogP contribution in [0.4, 0.5) is 5.69 Å². The third kappa shape index (κ3) is 6.29. The Bertz CT molecular complexity index is 474. The molecule has 0 aliphatic rings. The van der Waals surface area contributed by atoms with E-state index in [-0.39, 0.29) is 18.9 Å². The van der Waals surface area contributed by atoms with Gasteiger partial charge in [0.15, 0.2) is 0 Å². The van der Waals surface area contributed by atoms with E-state index >= 15 is 0 Å². The van der Waals surface area contributed by atoms with Crippen LogP contribution in [-0.4, -0.2) is 36.6 Å². The van der Waals surface area contributed by atoms with Crippen molar-refractivity contribution in [1.82, 2.24) is 5.32 Å². The van der Waals surface area contributed by atoms with E-state index in [0.717, 1.165) is 24.1 Å². The molecule has 0 atom stereocenters. The first kappa shape index (κ1) is 17.0. The number of hydrogen-bond donors (Lipinski definition) is 2. The Hall–Kier alpha value is -2.04. The van der Waals surface area contributed by atoms with Crippen molar-refractivity contribution in [2.75, 3.05) is 24.5 Å². The lowest BCUT2D eigenvalue weighted by molar-refractivity contribution is -0.136. The first-order valence-electron chi connectivity index (χ1n) is 7.33. The van der Waals surface area contributed by atoms with Gasteiger partial charge in [-0.05, 0) is 25.0 Å². The molecule has 21 heavy (non-hydrogen) atoms. The molecule has 5 heteroatoms. The highest BCUT2D eigenvalue weighted by Gasteiger charge is 2.14. The van der Waals surface area contributed by atoms with Gasteiger partial charge in [0, 0.05) is 18.8 Å². The maximum absolute atomic E-state index is 12.0. The lowest BCUT2D eigenvalue weighted by Crippen LogP contribution is -2.39. The van der Waals surface area contributed by atoms with Gasteiger partial charge < -0.3 is 15.3 Å². The third-order valence-electron chi connectivity index (χ3n) is 3.24. The van der Waals surface area contributed by atoms with Gasteiger partial charge >= 0.3 is 5.97 Å². The van der Waals surface area contributed by atoms with E-state index in [1.54, 1.807) is 0 Å². The fourth-order valence-electron chi connectivity index (χ4n) is 2.07. The van der Waals surface area contributed by atoms with E-state index in [1.807, 2.05) is 36.1 Å². The zero-order valence-corrected chi connectivity index (χ0v) is 12.8. The summed E-state index contributed by atoms with van der Waals surface area (Å²) in [5.41, 5.74) is 1.94. The number of unbranched alkanes of at least 4 members (excludes halogenated alkanes) is 1. The summed E-state index contributed by atoms with van der Waals surface area (Å²) in [7, 11) is 0. The second kappa shape index (κ2) is 9.00. The van der Waals surface area contributed by atoms with Crippen molar-refractivity contribution in [1.29, 1.82) is 0 Å². The summed E-state index contributed by atoms with van der Waals surface area (Å²) in [6.07, 6.45) is 1.99. The zero-order valence-electron chi connectivity index (χ0n) is 12.8. The molecule has 5 nitrogen and oxygen atoms in total. The van der Waals surface area contributed by atoms with Crippen LogP contribution in [0, 0.1) is 6.92 Å². The topological polar surface area (TPSA) is 69.6 Å². The van der Waals surface area contributed by atoms with Gasteiger partial charge in [-0.3, -0.25) is 9.59 Å². The summed E-state index contributed by atoms with van der Waals surface area (Å²) in [4.78, 5) is 24.6.